The largest absolute Gasteiger partial charge is 0.369 e. The van der Waals surface area contributed by atoms with Crippen molar-refractivity contribution < 1.29 is 9.59 Å². The van der Waals surface area contributed by atoms with Gasteiger partial charge in [0.1, 0.15) is 0 Å². The van der Waals surface area contributed by atoms with Crippen LogP contribution in [-0.2, 0) is 11.3 Å². The molecule has 29 heavy (non-hydrogen) atoms. The Morgan fingerprint density at radius 2 is 1.97 bits per heavy atom. The molecule has 152 valence electrons. The van der Waals surface area contributed by atoms with Gasteiger partial charge in [-0.2, -0.15) is 0 Å². The summed E-state index contributed by atoms with van der Waals surface area (Å²) in [5, 5.41) is 5.68. The van der Waals surface area contributed by atoms with E-state index in [2.05, 4.69) is 15.5 Å². The van der Waals surface area contributed by atoms with Gasteiger partial charge in [-0.3, -0.25) is 14.4 Å². The average molecular weight is 394 g/mol. The smallest absolute Gasteiger partial charge is 0.251 e. The minimum absolute atomic E-state index is 0.0656. The highest BCUT2D eigenvalue weighted by Gasteiger charge is 2.35. The first-order valence-electron chi connectivity index (χ1n) is 10.1. The van der Waals surface area contributed by atoms with E-state index in [1.165, 1.54) is 6.92 Å². The maximum Gasteiger partial charge on any atom is 0.251 e. The van der Waals surface area contributed by atoms with Crippen LogP contribution in [0.2, 0.25) is 0 Å². The summed E-state index contributed by atoms with van der Waals surface area (Å²) in [6, 6.07) is 10.9. The first kappa shape index (κ1) is 19.2. The number of carbonyl (C=O) groups is 2. The lowest BCUT2D eigenvalue weighted by molar-refractivity contribution is -0.114. The van der Waals surface area contributed by atoms with Crippen LogP contribution in [0.5, 0.6) is 0 Å². The molecule has 0 saturated carbocycles. The van der Waals surface area contributed by atoms with Crippen molar-refractivity contribution in [3.8, 4) is 0 Å². The van der Waals surface area contributed by atoms with Gasteiger partial charge in [0.15, 0.2) is 0 Å². The lowest BCUT2D eigenvalue weighted by Crippen LogP contribution is -2.47. The Hall–Kier alpha value is -3.09. The van der Waals surface area contributed by atoms with Crippen molar-refractivity contribution >= 4 is 23.2 Å². The number of hydrogen-bond donors (Lipinski definition) is 2. The topological polar surface area (TPSA) is 83.4 Å². The zero-order valence-corrected chi connectivity index (χ0v) is 16.8. The third kappa shape index (κ3) is 3.77. The van der Waals surface area contributed by atoms with E-state index in [-0.39, 0.29) is 23.3 Å². The Balaban J connectivity index is 1.67. The quantitative estimate of drug-likeness (QED) is 0.833. The van der Waals surface area contributed by atoms with Crippen LogP contribution in [0.3, 0.4) is 0 Å². The van der Waals surface area contributed by atoms with Crippen molar-refractivity contribution in [3.05, 3.63) is 58.0 Å². The summed E-state index contributed by atoms with van der Waals surface area (Å²) in [4.78, 5) is 38.5. The molecule has 2 aromatic rings. The standard InChI is InChI=1S/C22H26N4O3/c1-3-23-22(29)16-7-8-20(18(10-16)24-14(2)27)25-11-15-9-17(13-25)19-5-4-6-21(28)26(19)12-15/h4-8,10,15,17H,3,9,11-13H2,1-2H3,(H,23,29)(H,24,27)/t15-,17+/m0/s1. The van der Waals surface area contributed by atoms with Gasteiger partial charge in [-0.15, -0.1) is 0 Å². The first-order valence-corrected chi connectivity index (χ1v) is 10.1. The summed E-state index contributed by atoms with van der Waals surface area (Å²) >= 11 is 0. The Kier molecular flexibility index (Phi) is 5.13. The molecule has 0 unspecified atom stereocenters. The third-order valence-electron chi connectivity index (χ3n) is 5.73. The molecule has 2 atom stereocenters. The van der Waals surface area contributed by atoms with Crippen LogP contribution in [0.1, 0.15) is 42.2 Å². The molecular formula is C22H26N4O3. The molecule has 1 aromatic carbocycles. The second-order valence-electron chi connectivity index (χ2n) is 7.88. The van der Waals surface area contributed by atoms with Crippen LogP contribution in [0, 0.1) is 5.92 Å². The number of benzene rings is 1. The van der Waals surface area contributed by atoms with E-state index < -0.39 is 0 Å². The number of aromatic nitrogens is 1. The van der Waals surface area contributed by atoms with Gasteiger partial charge in [-0.05, 0) is 43.5 Å². The number of hydrogen-bond acceptors (Lipinski definition) is 4. The highest BCUT2D eigenvalue weighted by atomic mass is 16.2. The number of amides is 2. The molecule has 7 heteroatoms. The molecule has 1 fully saturated rings. The maximum atomic E-state index is 12.2. The monoisotopic (exact) mass is 394 g/mol. The van der Waals surface area contributed by atoms with Gasteiger partial charge in [-0.25, -0.2) is 0 Å². The Morgan fingerprint density at radius 3 is 2.72 bits per heavy atom. The molecule has 2 aliphatic rings. The van der Waals surface area contributed by atoms with Gasteiger partial charge < -0.3 is 20.1 Å². The number of nitrogens with zero attached hydrogens (tertiary/aromatic N) is 2. The zero-order chi connectivity index (χ0) is 20.5. The van der Waals surface area contributed by atoms with Crippen LogP contribution in [-0.4, -0.2) is 36.0 Å². The fourth-order valence-corrected chi connectivity index (χ4v) is 4.60. The third-order valence-corrected chi connectivity index (χ3v) is 5.73. The van der Waals surface area contributed by atoms with Crippen molar-refractivity contribution in [2.45, 2.75) is 32.7 Å². The van der Waals surface area contributed by atoms with E-state index in [9.17, 15) is 14.4 Å². The summed E-state index contributed by atoms with van der Waals surface area (Å²) < 4.78 is 1.91. The van der Waals surface area contributed by atoms with Crippen molar-refractivity contribution in [3.63, 3.8) is 0 Å². The number of rotatable bonds is 4. The van der Waals surface area contributed by atoms with Crippen LogP contribution in [0.25, 0.3) is 0 Å². The molecule has 7 nitrogen and oxygen atoms in total. The highest BCUT2D eigenvalue weighted by molar-refractivity contribution is 5.99. The first-order chi connectivity index (χ1) is 14.0. The SMILES string of the molecule is CCNC(=O)c1ccc(N2C[C@@H]3C[C@H](C2)c2cccc(=O)n2C3)c(NC(C)=O)c1. The van der Waals surface area contributed by atoms with Crippen molar-refractivity contribution in [2.75, 3.05) is 29.9 Å². The normalized spacial score (nSPS) is 20.0. The van der Waals surface area contributed by atoms with Gasteiger partial charge in [-0.1, -0.05) is 6.07 Å². The lowest BCUT2D eigenvalue weighted by atomic mass is 9.83. The molecule has 4 rings (SSSR count). The average Bonchev–Trinajstić information content (AvgIpc) is 2.68. The lowest BCUT2D eigenvalue weighted by Gasteiger charge is -2.44. The number of nitrogens with one attached hydrogen (secondary N) is 2. The second-order valence-corrected chi connectivity index (χ2v) is 7.88. The van der Waals surface area contributed by atoms with Crippen molar-refractivity contribution in [1.82, 2.24) is 9.88 Å². The summed E-state index contributed by atoms with van der Waals surface area (Å²) in [5.41, 5.74) is 3.23. The molecule has 0 spiro atoms. The van der Waals surface area contributed by atoms with E-state index >= 15 is 0 Å². The summed E-state index contributed by atoms with van der Waals surface area (Å²) in [5.74, 6) is 0.308. The number of fused-ring (bicyclic) bond motifs is 4. The Labute approximate surface area is 169 Å². The maximum absolute atomic E-state index is 12.2. The molecule has 0 radical (unpaired) electrons. The predicted octanol–water partition coefficient (Wildman–Crippen LogP) is 2.18. The van der Waals surface area contributed by atoms with Crippen LogP contribution in [0.4, 0.5) is 11.4 Å². The fraction of sp³-hybridized carbons (Fsp3) is 0.409. The Morgan fingerprint density at radius 1 is 1.14 bits per heavy atom. The summed E-state index contributed by atoms with van der Waals surface area (Å²) in [7, 11) is 0. The molecule has 0 aliphatic carbocycles. The fourth-order valence-electron chi connectivity index (χ4n) is 4.60. The molecule has 2 N–H and O–H groups in total. The van der Waals surface area contributed by atoms with E-state index in [1.807, 2.05) is 29.7 Å². The predicted molar refractivity (Wildman–Crippen MR) is 113 cm³/mol. The Bertz CT molecular complexity index is 1010. The van der Waals surface area contributed by atoms with E-state index in [0.29, 0.717) is 30.3 Å². The molecular weight excluding hydrogens is 368 g/mol. The van der Waals surface area contributed by atoms with Gasteiger partial charge in [0.05, 0.1) is 11.4 Å². The molecule has 3 heterocycles. The van der Waals surface area contributed by atoms with Gasteiger partial charge >= 0.3 is 0 Å². The number of carbonyl (C=O) groups excluding carboxylic acids is 2. The van der Waals surface area contributed by atoms with Crippen molar-refractivity contribution in [1.29, 1.82) is 0 Å². The molecule has 2 bridgehead atoms. The van der Waals surface area contributed by atoms with Gasteiger partial charge in [0.2, 0.25) is 5.91 Å². The minimum Gasteiger partial charge on any atom is -0.369 e. The number of pyridine rings is 1. The second kappa shape index (κ2) is 7.73. The molecule has 2 aliphatic heterocycles. The highest BCUT2D eigenvalue weighted by Crippen LogP contribution is 2.39. The van der Waals surface area contributed by atoms with Crippen molar-refractivity contribution in [2.24, 2.45) is 5.92 Å². The summed E-state index contributed by atoms with van der Waals surface area (Å²) in [6.07, 6.45) is 1.06. The number of anilines is 2. The van der Waals surface area contributed by atoms with Gasteiger partial charge in [0, 0.05) is 56.3 Å². The number of piperidine rings is 1. The van der Waals surface area contributed by atoms with Crippen LogP contribution in [0.15, 0.2) is 41.2 Å². The van der Waals surface area contributed by atoms with E-state index in [1.54, 1.807) is 18.2 Å². The van der Waals surface area contributed by atoms with Crippen LogP contribution >= 0.6 is 0 Å². The summed E-state index contributed by atoms with van der Waals surface area (Å²) in [6.45, 7) is 6.18. The van der Waals surface area contributed by atoms with Gasteiger partial charge in [0.25, 0.3) is 11.5 Å². The zero-order valence-electron chi connectivity index (χ0n) is 16.8. The minimum atomic E-state index is -0.173. The molecule has 2 amide bonds. The van der Waals surface area contributed by atoms with E-state index in [4.69, 9.17) is 0 Å². The van der Waals surface area contributed by atoms with Crippen LogP contribution < -0.4 is 21.1 Å². The molecule has 1 saturated heterocycles. The molecule has 1 aromatic heterocycles. The van der Waals surface area contributed by atoms with E-state index in [0.717, 1.165) is 30.9 Å².